The van der Waals surface area contributed by atoms with E-state index in [1.54, 1.807) is 25.3 Å². The Labute approximate surface area is 145 Å². The van der Waals surface area contributed by atoms with E-state index in [0.29, 0.717) is 23.7 Å². The highest BCUT2D eigenvalue weighted by molar-refractivity contribution is 6.30. The molecule has 2 N–H and O–H groups in total. The summed E-state index contributed by atoms with van der Waals surface area (Å²) >= 11 is 5.98. The number of hydrogen-bond donors (Lipinski definition) is 2. The lowest BCUT2D eigenvalue weighted by atomic mass is 10.1. The Kier molecular flexibility index (Phi) is 5.01. The van der Waals surface area contributed by atoms with Gasteiger partial charge in [-0.1, -0.05) is 23.7 Å². The second-order valence-corrected chi connectivity index (χ2v) is 5.87. The molecule has 0 radical (unpaired) electrons. The van der Waals surface area contributed by atoms with E-state index in [1.807, 2.05) is 24.3 Å². The fourth-order valence-electron chi connectivity index (χ4n) is 2.57. The number of amides is 1. The first kappa shape index (κ1) is 16.3. The van der Waals surface area contributed by atoms with Gasteiger partial charge in [-0.25, -0.2) is 4.98 Å². The zero-order valence-corrected chi connectivity index (χ0v) is 14.1. The number of H-pyrrole nitrogens is 1. The Balaban J connectivity index is 1.55. The fourth-order valence-corrected chi connectivity index (χ4v) is 2.76. The van der Waals surface area contributed by atoms with Gasteiger partial charge in [0.05, 0.1) is 24.6 Å². The number of aromatic amines is 1. The number of aromatic nitrogens is 2. The summed E-state index contributed by atoms with van der Waals surface area (Å²) in [5.41, 5.74) is 2.70. The van der Waals surface area contributed by atoms with Gasteiger partial charge in [-0.3, -0.25) is 4.79 Å². The minimum absolute atomic E-state index is 0.0772. The molecule has 0 saturated heterocycles. The number of nitrogens with zero attached hydrogens (tertiary/aromatic N) is 1. The molecule has 5 nitrogen and oxygen atoms in total. The van der Waals surface area contributed by atoms with Gasteiger partial charge in [0.1, 0.15) is 11.6 Å². The van der Waals surface area contributed by atoms with Gasteiger partial charge < -0.3 is 15.0 Å². The maximum atomic E-state index is 12.1. The molecule has 3 rings (SSSR count). The molecule has 0 unspecified atom stereocenters. The van der Waals surface area contributed by atoms with Crippen LogP contribution in [0.15, 0.2) is 42.5 Å². The molecule has 3 aromatic rings. The highest BCUT2D eigenvalue weighted by Crippen LogP contribution is 2.23. The summed E-state index contributed by atoms with van der Waals surface area (Å²) in [5, 5.41) is 3.48. The standard InChI is InChI=1S/C18H18ClN3O2/c1-24-16-7-6-13(19)10-12(16)11-18(23)20-9-8-17-21-14-4-2-3-5-15(14)22-17/h2-7,10H,8-9,11H2,1H3,(H,20,23)(H,21,22). The quantitative estimate of drug-likeness (QED) is 0.722. The van der Waals surface area contributed by atoms with Gasteiger partial charge >= 0.3 is 0 Å². The van der Waals surface area contributed by atoms with Crippen molar-refractivity contribution in [2.45, 2.75) is 12.8 Å². The molecular formula is C18H18ClN3O2. The molecule has 0 bridgehead atoms. The molecule has 0 atom stereocenters. The molecule has 1 heterocycles. The number of halogens is 1. The molecule has 1 aromatic heterocycles. The highest BCUT2D eigenvalue weighted by Gasteiger charge is 2.10. The third-order valence-electron chi connectivity index (χ3n) is 3.72. The third-order valence-corrected chi connectivity index (χ3v) is 3.95. The van der Waals surface area contributed by atoms with Crippen molar-refractivity contribution in [3.05, 3.63) is 58.9 Å². The lowest BCUT2D eigenvalue weighted by Crippen LogP contribution is -2.27. The molecule has 6 heteroatoms. The number of nitrogens with one attached hydrogen (secondary N) is 2. The van der Waals surface area contributed by atoms with Gasteiger partial charge in [0.15, 0.2) is 0 Å². The monoisotopic (exact) mass is 343 g/mol. The predicted molar refractivity (Wildman–Crippen MR) is 94.5 cm³/mol. The number of para-hydroxylation sites is 2. The molecule has 0 saturated carbocycles. The number of methoxy groups -OCH3 is 1. The van der Waals surface area contributed by atoms with Gasteiger partial charge in [-0.2, -0.15) is 0 Å². The minimum Gasteiger partial charge on any atom is -0.496 e. The van der Waals surface area contributed by atoms with E-state index < -0.39 is 0 Å². The molecule has 24 heavy (non-hydrogen) atoms. The van der Waals surface area contributed by atoms with Crippen molar-refractivity contribution in [2.75, 3.05) is 13.7 Å². The summed E-state index contributed by atoms with van der Waals surface area (Å²) in [7, 11) is 1.58. The normalized spacial score (nSPS) is 10.8. The first-order chi connectivity index (χ1) is 11.7. The van der Waals surface area contributed by atoms with E-state index in [4.69, 9.17) is 16.3 Å². The third kappa shape index (κ3) is 3.86. The predicted octanol–water partition coefficient (Wildman–Crippen LogP) is 3.13. The summed E-state index contributed by atoms with van der Waals surface area (Å²) in [4.78, 5) is 19.8. The molecule has 2 aromatic carbocycles. The van der Waals surface area contributed by atoms with Gasteiger partial charge in [0.2, 0.25) is 5.91 Å². The average molecular weight is 344 g/mol. The highest BCUT2D eigenvalue weighted by atomic mass is 35.5. The first-order valence-electron chi connectivity index (χ1n) is 7.68. The molecule has 1 amide bonds. The number of fused-ring (bicyclic) bond motifs is 1. The molecule has 0 aliphatic rings. The maximum Gasteiger partial charge on any atom is 0.224 e. The van der Waals surface area contributed by atoms with Crippen LogP contribution in [0.3, 0.4) is 0 Å². The van der Waals surface area contributed by atoms with Crippen LogP contribution >= 0.6 is 11.6 Å². The number of imidazole rings is 1. The summed E-state index contributed by atoms with van der Waals surface area (Å²) in [6.45, 7) is 0.515. The topological polar surface area (TPSA) is 67.0 Å². The molecule has 0 aliphatic heterocycles. The molecule has 0 aliphatic carbocycles. The van der Waals surface area contributed by atoms with Crippen molar-refractivity contribution < 1.29 is 9.53 Å². The number of hydrogen-bond acceptors (Lipinski definition) is 3. The number of carbonyl (C=O) groups is 1. The summed E-state index contributed by atoms with van der Waals surface area (Å²) < 4.78 is 5.26. The van der Waals surface area contributed by atoms with Crippen LogP contribution in [0.1, 0.15) is 11.4 Å². The number of carbonyl (C=O) groups excluding carboxylic acids is 1. The molecule has 0 fully saturated rings. The van der Waals surface area contributed by atoms with Crippen molar-refractivity contribution >= 4 is 28.5 Å². The van der Waals surface area contributed by atoms with E-state index >= 15 is 0 Å². The van der Waals surface area contributed by atoms with E-state index in [-0.39, 0.29) is 12.3 Å². The lowest BCUT2D eigenvalue weighted by molar-refractivity contribution is -0.120. The average Bonchev–Trinajstić information content (AvgIpc) is 2.97. The van der Waals surface area contributed by atoms with Crippen molar-refractivity contribution in [2.24, 2.45) is 0 Å². The van der Waals surface area contributed by atoms with Crippen LogP contribution in [0.4, 0.5) is 0 Å². The summed E-state index contributed by atoms with van der Waals surface area (Å²) in [6.07, 6.45) is 0.872. The van der Waals surface area contributed by atoms with Gasteiger partial charge in [0.25, 0.3) is 0 Å². The van der Waals surface area contributed by atoms with Crippen LogP contribution in [0.25, 0.3) is 11.0 Å². The number of benzene rings is 2. The van der Waals surface area contributed by atoms with Crippen LogP contribution < -0.4 is 10.1 Å². The molecule has 0 spiro atoms. The van der Waals surface area contributed by atoms with Gasteiger partial charge in [0, 0.05) is 23.6 Å². The van der Waals surface area contributed by atoms with Crippen molar-refractivity contribution in [1.29, 1.82) is 0 Å². The maximum absolute atomic E-state index is 12.1. The van der Waals surface area contributed by atoms with Crippen LogP contribution in [0.2, 0.25) is 5.02 Å². The Morgan fingerprint density at radius 1 is 1.29 bits per heavy atom. The Hall–Kier alpha value is -2.53. The van der Waals surface area contributed by atoms with E-state index in [0.717, 1.165) is 22.4 Å². The van der Waals surface area contributed by atoms with Crippen molar-refractivity contribution in [1.82, 2.24) is 15.3 Å². The van der Waals surface area contributed by atoms with Crippen LogP contribution in [0.5, 0.6) is 5.75 Å². The van der Waals surface area contributed by atoms with Crippen LogP contribution in [-0.4, -0.2) is 29.5 Å². The van der Waals surface area contributed by atoms with Crippen LogP contribution in [0, 0.1) is 0 Å². The zero-order chi connectivity index (χ0) is 16.9. The fraction of sp³-hybridized carbons (Fsp3) is 0.222. The first-order valence-corrected chi connectivity index (χ1v) is 8.06. The Bertz CT molecular complexity index is 827. The minimum atomic E-state index is -0.0772. The van der Waals surface area contributed by atoms with Gasteiger partial charge in [-0.15, -0.1) is 0 Å². The van der Waals surface area contributed by atoms with Crippen LogP contribution in [-0.2, 0) is 17.6 Å². The van der Waals surface area contributed by atoms with E-state index in [1.165, 1.54) is 0 Å². The van der Waals surface area contributed by atoms with Crippen molar-refractivity contribution in [3.8, 4) is 5.75 Å². The summed E-state index contributed by atoms with van der Waals surface area (Å²) in [6, 6.07) is 13.1. The second-order valence-electron chi connectivity index (χ2n) is 5.43. The van der Waals surface area contributed by atoms with E-state index in [2.05, 4.69) is 15.3 Å². The smallest absolute Gasteiger partial charge is 0.224 e. The summed E-state index contributed by atoms with van der Waals surface area (Å²) in [5.74, 6) is 1.44. The van der Waals surface area contributed by atoms with Gasteiger partial charge in [-0.05, 0) is 30.3 Å². The SMILES string of the molecule is COc1ccc(Cl)cc1CC(=O)NCCc1nc2ccccc2[nH]1. The Morgan fingerprint density at radius 2 is 2.12 bits per heavy atom. The second kappa shape index (κ2) is 7.36. The zero-order valence-electron chi connectivity index (χ0n) is 13.3. The van der Waals surface area contributed by atoms with E-state index in [9.17, 15) is 4.79 Å². The number of rotatable bonds is 6. The Morgan fingerprint density at radius 3 is 2.92 bits per heavy atom. The lowest BCUT2D eigenvalue weighted by Gasteiger charge is -2.09. The molecular weight excluding hydrogens is 326 g/mol. The molecule has 124 valence electrons. The van der Waals surface area contributed by atoms with Crippen molar-refractivity contribution in [3.63, 3.8) is 0 Å². The number of ether oxygens (including phenoxy) is 1. The largest absolute Gasteiger partial charge is 0.496 e.